The Labute approximate surface area is 101 Å². The van der Waals surface area contributed by atoms with Crippen LogP contribution in [0.5, 0.6) is 0 Å². The van der Waals surface area contributed by atoms with Gasteiger partial charge in [-0.3, -0.25) is 4.79 Å². The second-order valence-electron chi connectivity index (χ2n) is 3.91. The van der Waals surface area contributed by atoms with Gasteiger partial charge in [0.25, 0.3) is 0 Å². The Hall–Kier alpha value is -1.58. The lowest BCUT2D eigenvalue weighted by Crippen LogP contribution is -2.15. The Morgan fingerprint density at radius 2 is 2.18 bits per heavy atom. The van der Waals surface area contributed by atoms with E-state index in [9.17, 15) is 14.7 Å². The van der Waals surface area contributed by atoms with Crippen LogP contribution in [0.25, 0.3) is 0 Å². The molecule has 17 heavy (non-hydrogen) atoms. The topological polar surface area (TPSA) is 63.6 Å². The highest BCUT2D eigenvalue weighted by Gasteiger charge is 2.23. The molecule has 0 fully saturated rings. The molecule has 0 spiro atoms. The van der Waals surface area contributed by atoms with Crippen LogP contribution in [0.4, 0.5) is 0 Å². The van der Waals surface area contributed by atoms with Gasteiger partial charge in [-0.1, -0.05) is 6.08 Å². The summed E-state index contributed by atoms with van der Waals surface area (Å²) in [6.07, 6.45) is 3.43. The Morgan fingerprint density at radius 1 is 1.47 bits per heavy atom. The molecule has 0 saturated heterocycles. The van der Waals surface area contributed by atoms with E-state index in [2.05, 4.69) is 0 Å². The number of rotatable bonds is 4. The molecule has 0 aromatic carbocycles. The van der Waals surface area contributed by atoms with E-state index in [0.29, 0.717) is 37.0 Å². The van der Waals surface area contributed by atoms with Crippen molar-refractivity contribution in [1.82, 2.24) is 0 Å². The van der Waals surface area contributed by atoms with Gasteiger partial charge in [0.15, 0.2) is 5.78 Å². The Kier molecular flexibility index (Phi) is 4.94. The van der Waals surface area contributed by atoms with Crippen LogP contribution >= 0.6 is 0 Å². The van der Waals surface area contributed by atoms with E-state index >= 15 is 0 Å². The van der Waals surface area contributed by atoms with Gasteiger partial charge in [-0.2, -0.15) is 0 Å². The SMILES string of the molecule is C/C=C(\CC1=C(O)CCCC1=O)C(=O)OCC. The van der Waals surface area contributed by atoms with Crippen LogP contribution in [0.2, 0.25) is 0 Å². The van der Waals surface area contributed by atoms with Crippen LogP contribution in [0.15, 0.2) is 23.0 Å². The molecule has 94 valence electrons. The summed E-state index contributed by atoms with van der Waals surface area (Å²) in [5, 5.41) is 9.67. The zero-order chi connectivity index (χ0) is 12.8. The summed E-state index contributed by atoms with van der Waals surface area (Å²) in [6.45, 7) is 3.75. The summed E-state index contributed by atoms with van der Waals surface area (Å²) in [6, 6.07) is 0. The summed E-state index contributed by atoms with van der Waals surface area (Å²) in [5.41, 5.74) is 0.779. The maximum atomic E-state index is 11.6. The number of carbonyl (C=O) groups is 2. The minimum atomic E-state index is -0.423. The molecule has 0 aliphatic heterocycles. The zero-order valence-electron chi connectivity index (χ0n) is 10.3. The number of hydrogen-bond acceptors (Lipinski definition) is 4. The second kappa shape index (κ2) is 6.23. The molecule has 4 nitrogen and oxygen atoms in total. The maximum Gasteiger partial charge on any atom is 0.333 e. The second-order valence-corrected chi connectivity index (χ2v) is 3.91. The van der Waals surface area contributed by atoms with Crippen molar-refractivity contribution < 1.29 is 19.4 Å². The first-order chi connectivity index (χ1) is 8.10. The Bertz CT molecular complexity index is 377. The van der Waals surface area contributed by atoms with Crippen molar-refractivity contribution in [2.75, 3.05) is 6.61 Å². The number of Topliss-reactive ketones (excluding diaryl/α,β-unsaturated/α-hetero) is 1. The third-order valence-electron chi connectivity index (χ3n) is 2.76. The number of allylic oxidation sites excluding steroid dienone is 3. The third-order valence-corrected chi connectivity index (χ3v) is 2.76. The lowest BCUT2D eigenvalue weighted by Gasteiger charge is -2.15. The molecule has 0 atom stereocenters. The van der Waals surface area contributed by atoms with Crippen molar-refractivity contribution in [3.63, 3.8) is 0 Å². The van der Waals surface area contributed by atoms with Gasteiger partial charge in [0.05, 0.1) is 12.4 Å². The fraction of sp³-hybridized carbons (Fsp3) is 0.538. The summed E-state index contributed by atoms with van der Waals surface area (Å²) >= 11 is 0. The van der Waals surface area contributed by atoms with Crippen LogP contribution in [0.1, 0.15) is 39.5 Å². The lowest BCUT2D eigenvalue weighted by molar-refractivity contribution is -0.138. The van der Waals surface area contributed by atoms with Gasteiger partial charge in [-0.15, -0.1) is 0 Å². The monoisotopic (exact) mass is 238 g/mol. The molecule has 0 heterocycles. The van der Waals surface area contributed by atoms with Crippen molar-refractivity contribution >= 4 is 11.8 Å². The summed E-state index contributed by atoms with van der Waals surface area (Å²) in [5.74, 6) is -0.379. The molecule has 1 aliphatic carbocycles. The maximum absolute atomic E-state index is 11.6. The smallest absolute Gasteiger partial charge is 0.333 e. The van der Waals surface area contributed by atoms with E-state index < -0.39 is 5.97 Å². The van der Waals surface area contributed by atoms with E-state index in [-0.39, 0.29) is 18.0 Å². The van der Waals surface area contributed by atoms with E-state index in [1.807, 2.05) is 0 Å². The number of carbonyl (C=O) groups excluding carboxylic acids is 2. The fourth-order valence-corrected chi connectivity index (χ4v) is 1.79. The number of ketones is 1. The van der Waals surface area contributed by atoms with Crippen molar-refractivity contribution in [3.8, 4) is 0 Å². The average molecular weight is 238 g/mol. The molecule has 1 rings (SSSR count). The van der Waals surface area contributed by atoms with Crippen molar-refractivity contribution in [2.45, 2.75) is 39.5 Å². The molecular formula is C13H18O4. The molecule has 0 radical (unpaired) electrons. The van der Waals surface area contributed by atoms with Gasteiger partial charge in [-0.25, -0.2) is 4.79 Å². The summed E-state index contributed by atoms with van der Waals surface area (Å²) in [4.78, 5) is 23.2. The van der Waals surface area contributed by atoms with Gasteiger partial charge in [0.2, 0.25) is 0 Å². The number of hydrogen-bond donors (Lipinski definition) is 1. The van der Waals surface area contributed by atoms with Gasteiger partial charge < -0.3 is 9.84 Å². The minimum Gasteiger partial charge on any atom is -0.512 e. The molecule has 1 N–H and O–H groups in total. The van der Waals surface area contributed by atoms with Gasteiger partial charge in [0, 0.05) is 30.4 Å². The first kappa shape index (κ1) is 13.5. The molecule has 4 heteroatoms. The number of esters is 1. The highest BCUT2D eigenvalue weighted by molar-refractivity contribution is 5.99. The zero-order valence-corrected chi connectivity index (χ0v) is 10.3. The molecule has 1 aliphatic rings. The largest absolute Gasteiger partial charge is 0.512 e. The molecule has 0 aromatic heterocycles. The Balaban J connectivity index is 2.81. The number of aliphatic hydroxyl groups excluding tert-OH is 1. The standard InChI is InChI=1S/C13H18O4/c1-3-9(13(16)17-4-2)8-10-11(14)6-5-7-12(10)15/h3,14H,4-8H2,1-2H3/b9-3+. The normalized spacial score (nSPS) is 17.3. The van der Waals surface area contributed by atoms with Crippen molar-refractivity contribution in [2.24, 2.45) is 0 Å². The van der Waals surface area contributed by atoms with Crippen LogP contribution in [0, 0.1) is 0 Å². The summed E-state index contributed by atoms with van der Waals surface area (Å²) in [7, 11) is 0. The molecule has 0 unspecified atom stereocenters. The van der Waals surface area contributed by atoms with Crippen molar-refractivity contribution in [1.29, 1.82) is 0 Å². The Morgan fingerprint density at radius 3 is 2.71 bits per heavy atom. The van der Waals surface area contributed by atoms with E-state index in [1.54, 1.807) is 19.9 Å². The molecule has 0 amide bonds. The fourth-order valence-electron chi connectivity index (χ4n) is 1.79. The van der Waals surface area contributed by atoms with Crippen LogP contribution in [-0.2, 0) is 14.3 Å². The third kappa shape index (κ3) is 3.44. The van der Waals surface area contributed by atoms with Gasteiger partial charge >= 0.3 is 5.97 Å². The average Bonchev–Trinajstić information content (AvgIpc) is 2.29. The summed E-state index contributed by atoms with van der Waals surface area (Å²) < 4.78 is 4.88. The van der Waals surface area contributed by atoms with Crippen LogP contribution < -0.4 is 0 Å². The first-order valence-corrected chi connectivity index (χ1v) is 5.86. The van der Waals surface area contributed by atoms with E-state index in [4.69, 9.17) is 4.74 Å². The van der Waals surface area contributed by atoms with Crippen molar-refractivity contribution in [3.05, 3.63) is 23.0 Å². The predicted molar refractivity (Wildman–Crippen MR) is 63.5 cm³/mol. The molecule has 0 saturated carbocycles. The van der Waals surface area contributed by atoms with Crippen LogP contribution in [-0.4, -0.2) is 23.5 Å². The number of aliphatic hydroxyl groups is 1. The molecule has 0 bridgehead atoms. The van der Waals surface area contributed by atoms with Gasteiger partial charge in [0.1, 0.15) is 0 Å². The minimum absolute atomic E-state index is 0.0719. The molecular weight excluding hydrogens is 220 g/mol. The molecule has 0 aromatic rings. The quantitative estimate of drug-likeness (QED) is 0.603. The van der Waals surface area contributed by atoms with Gasteiger partial charge in [-0.05, 0) is 20.3 Å². The lowest BCUT2D eigenvalue weighted by atomic mass is 9.91. The highest BCUT2D eigenvalue weighted by atomic mass is 16.5. The van der Waals surface area contributed by atoms with Crippen LogP contribution in [0.3, 0.4) is 0 Å². The predicted octanol–water partition coefficient (Wildman–Crippen LogP) is 2.45. The highest BCUT2D eigenvalue weighted by Crippen LogP contribution is 2.25. The van der Waals surface area contributed by atoms with E-state index in [0.717, 1.165) is 0 Å². The first-order valence-electron chi connectivity index (χ1n) is 5.86. The number of ether oxygens (including phenoxy) is 1. The van der Waals surface area contributed by atoms with E-state index in [1.165, 1.54) is 0 Å².